The van der Waals surface area contributed by atoms with Crippen molar-refractivity contribution in [1.82, 2.24) is 4.90 Å². The molecule has 1 amide bonds. The quantitative estimate of drug-likeness (QED) is 0.760. The molecule has 2 aliphatic rings. The SMILES string of the molecule is CC(Sc1ccccc1)C(=O)N1CC2(C)CC1CC(C)(C)C2. The van der Waals surface area contributed by atoms with Crippen molar-refractivity contribution in [2.45, 2.75) is 63.1 Å². The molecule has 1 aromatic carbocycles. The maximum absolute atomic E-state index is 13.0. The second kappa shape index (κ2) is 5.59. The fourth-order valence-electron chi connectivity index (χ4n) is 4.70. The van der Waals surface area contributed by atoms with Gasteiger partial charge in [0, 0.05) is 17.5 Å². The highest BCUT2D eigenvalue weighted by Gasteiger charge is 2.51. The normalized spacial score (nSPS) is 31.1. The summed E-state index contributed by atoms with van der Waals surface area (Å²) in [6.07, 6.45) is 3.57. The lowest BCUT2D eigenvalue weighted by Gasteiger charge is -2.39. The highest BCUT2D eigenvalue weighted by atomic mass is 32.2. The first-order chi connectivity index (χ1) is 10.3. The molecule has 1 saturated carbocycles. The predicted octanol–water partition coefficient (Wildman–Crippen LogP) is 4.59. The number of fused-ring (bicyclic) bond motifs is 2. The predicted molar refractivity (Wildman–Crippen MR) is 93.0 cm³/mol. The molecule has 2 nitrogen and oxygen atoms in total. The second-order valence-corrected chi connectivity index (χ2v) is 9.67. The summed E-state index contributed by atoms with van der Waals surface area (Å²) in [4.78, 5) is 16.3. The number of carbonyl (C=O) groups is 1. The Morgan fingerprint density at radius 3 is 2.59 bits per heavy atom. The van der Waals surface area contributed by atoms with Gasteiger partial charge in [-0.3, -0.25) is 4.79 Å². The van der Waals surface area contributed by atoms with Crippen LogP contribution in [0.5, 0.6) is 0 Å². The highest BCUT2D eigenvalue weighted by Crippen LogP contribution is 2.52. The van der Waals surface area contributed by atoms with Crippen LogP contribution in [-0.4, -0.2) is 28.6 Å². The molecule has 0 N–H and O–H groups in total. The van der Waals surface area contributed by atoms with Gasteiger partial charge in [0.2, 0.25) is 5.91 Å². The lowest BCUT2D eigenvalue weighted by atomic mass is 9.65. The number of benzene rings is 1. The van der Waals surface area contributed by atoms with Crippen molar-refractivity contribution in [2.75, 3.05) is 6.54 Å². The maximum atomic E-state index is 13.0. The van der Waals surface area contributed by atoms with Gasteiger partial charge in [0.15, 0.2) is 0 Å². The zero-order valence-electron chi connectivity index (χ0n) is 14.1. The maximum Gasteiger partial charge on any atom is 0.236 e. The largest absolute Gasteiger partial charge is 0.338 e. The van der Waals surface area contributed by atoms with Gasteiger partial charge in [-0.15, -0.1) is 11.8 Å². The van der Waals surface area contributed by atoms with Gasteiger partial charge in [-0.05, 0) is 49.1 Å². The molecule has 1 aliphatic carbocycles. The summed E-state index contributed by atoms with van der Waals surface area (Å²) < 4.78 is 0. The van der Waals surface area contributed by atoms with Crippen molar-refractivity contribution in [3.63, 3.8) is 0 Å². The average molecular weight is 317 g/mol. The Bertz CT molecular complexity index is 556. The fourth-order valence-corrected chi connectivity index (χ4v) is 5.66. The van der Waals surface area contributed by atoms with E-state index in [1.807, 2.05) is 18.2 Å². The number of carbonyl (C=O) groups excluding carboxylic acids is 1. The van der Waals surface area contributed by atoms with Crippen LogP contribution in [0.15, 0.2) is 35.2 Å². The van der Waals surface area contributed by atoms with E-state index >= 15 is 0 Å². The molecule has 0 radical (unpaired) electrons. The van der Waals surface area contributed by atoms with Crippen molar-refractivity contribution in [2.24, 2.45) is 10.8 Å². The third-order valence-electron chi connectivity index (χ3n) is 5.10. The highest BCUT2D eigenvalue weighted by molar-refractivity contribution is 8.00. The summed E-state index contributed by atoms with van der Waals surface area (Å²) in [6, 6.07) is 10.7. The molecule has 0 aromatic heterocycles. The van der Waals surface area contributed by atoms with Crippen LogP contribution >= 0.6 is 11.8 Å². The first kappa shape index (κ1) is 15.9. The number of rotatable bonds is 3. The number of hydrogen-bond acceptors (Lipinski definition) is 2. The molecule has 3 atom stereocenters. The monoisotopic (exact) mass is 317 g/mol. The third kappa shape index (κ3) is 3.19. The third-order valence-corrected chi connectivity index (χ3v) is 6.20. The first-order valence-electron chi connectivity index (χ1n) is 8.30. The van der Waals surface area contributed by atoms with Gasteiger partial charge < -0.3 is 4.90 Å². The van der Waals surface area contributed by atoms with E-state index in [1.165, 1.54) is 17.7 Å². The molecule has 1 aliphatic heterocycles. The molecular weight excluding hydrogens is 290 g/mol. The van der Waals surface area contributed by atoms with E-state index in [1.54, 1.807) is 11.8 Å². The fraction of sp³-hybridized carbons (Fsp3) is 0.632. The number of amides is 1. The number of hydrogen-bond donors (Lipinski definition) is 0. The van der Waals surface area contributed by atoms with Gasteiger partial charge in [-0.1, -0.05) is 39.0 Å². The van der Waals surface area contributed by atoms with E-state index in [4.69, 9.17) is 0 Å². The molecule has 1 saturated heterocycles. The molecule has 2 bridgehead atoms. The number of thioether (sulfide) groups is 1. The van der Waals surface area contributed by atoms with E-state index in [0.717, 1.165) is 13.0 Å². The van der Waals surface area contributed by atoms with Crippen molar-refractivity contribution in [1.29, 1.82) is 0 Å². The summed E-state index contributed by atoms with van der Waals surface area (Å²) >= 11 is 1.68. The Balaban J connectivity index is 1.70. The molecule has 3 unspecified atom stereocenters. The average Bonchev–Trinajstić information content (AvgIpc) is 2.68. The molecular formula is C19H27NOS. The summed E-state index contributed by atoms with van der Waals surface area (Å²) in [5, 5.41) is -0.00605. The van der Waals surface area contributed by atoms with E-state index in [-0.39, 0.29) is 5.25 Å². The van der Waals surface area contributed by atoms with Gasteiger partial charge in [-0.25, -0.2) is 0 Å². The van der Waals surface area contributed by atoms with Gasteiger partial charge in [0.25, 0.3) is 0 Å². The zero-order chi connectivity index (χ0) is 16.0. The summed E-state index contributed by atoms with van der Waals surface area (Å²) in [6.45, 7) is 10.1. The van der Waals surface area contributed by atoms with Crippen molar-refractivity contribution in [3.8, 4) is 0 Å². The van der Waals surface area contributed by atoms with Crippen LogP contribution in [0.3, 0.4) is 0 Å². The number of likely N-dealkylation sites (tertiary alicyclic amines) is 1. The van der Waals surface area contributed by atoms with E-state index in [2.05, 4.69) is 44.7 Å². The van der Waals surface area contributed by atoms with Crippen LogP contribution in [0.4, 0.5) is 0 Å². The molecule has 1 heterocycles. The smallest absolute Gasteiger partial charge is 0.236 e. The topological polar surface area (TPSA) is 20.3 Å². The number of nitrogens with zero attached hydrogens (tertiary/aromatic N) is 1. The minimum Gasteiger partial charge on any atom is -0.338 e. The zero-order valence-corrected chi connectivity index (χ0v) is 15.0. The minimum absolute atomic E-state index is 0.00605. The van der Waals surface area contributed by atoms with Gasteiger partial charge in [-0.2, -0.15) is 0 Å². The van der Waals surface area contributed by atoms with Crippen LogP contribution in [0, 0.1) is 10.8 Å². The van der Waals surface area contributed by atoms with Crippen molar-refractivity contribution in [3.05, 3.63) is 30.3 Å². The Hall–Kier alpha value is -0.960. The van der Waals surface area contributed by atoms with Crippen molar-refractivity contribution >= 4 is 17.7 Å². The van der Waals surface area contributed by atoms with Crippen LogP contribution in [0.25, 0.3) is 0 Å². The molecule has 3 heteroatoms. The van der Waals surface area contributed by atoms with Gasteiger partial charge in [0.05, 0.1) is 5.25 Å². The summed E-state index contributed by atoms with van der Waals surface area (Å²) in [7, 11) is 0. The van der Waals surface area contributed by atoms with Crippen LogP contribution < -0.4 is 0 Å². The minimum atomic E-state index is -0.00605. The molecule has 22 heavy (non-hydrogen) atoms. The van der Waals surface area contributed by atoms with Crippen molar-refractivity contribution < 1.29 is 4.79 Å². The van der Waals surface area contributed by atoms with Crippen LogP contribution in [-0.2, 0) is 4.79 Å². The first-order valence-corrected chi connectivity index (χ1v) is 9.18. The lowest BCUT2D eigenvalue weighted by molar-refractivity contribution is -0.131. The standard InChI is InChI=1S/C19H27NOS/c1-14(22-16-8-6-5-7-9-16)17(21)20-13-19(4)11-15(20)10-18(2,3)12-19/h5-9,14-15H,10-13H2,1-4H3. The lowest BCUT2D eigenvalue weighted by Crippen LogP contribution is -2.41. The molecule has 120 valence electrons. The van der Waals surface area contributed by atoms with Crippen LogP contribution in [0.1, 0.15) is 47.0 Å². The Morgan fingerprint density at radius 2 is 1.91 bits per heavy atom. The molecule has 1 aromatic rings. The van der Waals surface area contributed by atoms with E-state index < -0.39 is 0 Å². The molecule has 3 rings (SSSR count). The van der Waals surface area contributed by atoms with E-state index in [9.17, 15) is 4.79 Å². The van der Waals surface area contributed by atoms with Crippen LogP contribution in [0.2, 0.25) is 0 Å². The van der Waals surface area contributed by atoms with E-state index in [0.29, 0.717) is 22.8 Å². The molecule has 0 spiro atoms. The molecule has 2 fully saturated rings. The Kier molecular flexibility index (Phi) is 4.05. The van der Waals surface area contributed by atoms with Gasteiger partial charge in [0.1, 0.15) is 0 Å². The Morgan fingerprint density at radius 1 is 1.23 bits per heavy atom. The summed E-state index contributed by atoms with van der Waals surface area (Å²) in [5.41, 5.74) is 0.682. The summed E-state index contributed by atoms with van der Waals surface area (Å²) in [5.74, 6) is 0.320. The second-order valence-electron chi connectivity index (χ2n) is 8.25. The Labute approximate surface area is 138 Å². The van der Waals surface area contributed by atoms with Gasteiger partial charge >= 0.3 is 0 Å².